The average molecular weight is 218 g/mol. The number of hydrogen-bond acceptors (Lipinski definition) is 2. The normalized spacial score (nSPS) is 17.1. The first kappa shape index (κ1) is 12.6. The van der Waals surface area contributed by atoms with Gasteiger partial charge < -0.3 is 0 Å². The van der Waals surface area contributed by atoms with Crippen molar-refractivity contribution >= 4 is 11.6 Å². The molecular formula is C14H18O2. The van der Waals surface area contributed by atoms with Crippen molar-refractivity contribution in [2.75, 3.05) is 0 Å². The standard InChI is InChI=1S/C14H18O2/c1-8(2)6-7-12-11(5)13(15)9(3)10(4)14(12)16/h6H,7H2,1-5H3. The highest BCUT2D eigenvalue weighted by Crippen LogP contribution is 2.26. The molecule has 16 heavy (non-hydrogen) atoms. The van der Waals surface area contributed by atoms with Gasteiger partial charge in [-0.2, -0.15) is 0 Å². The van der Waals surface area contributed by atoms with Gasteiger partial charge in [-0.3, -0.25) is 9.59 Å². The van der Waals surface area contributed by atoms with E-state index in [2.05, 4.69) is 0 Å². The quantitative estimate of drug-likeness (QED) is 0.527. The first-order valence-corrected chi connectivity index (χ1v) is 5.46. The second-order valence-corrected chi connectivity index (χ2v) is 4.50. The van der Waals surface area contributed by atoms with Gasteiger partial charge in [-0.1, -0.05) is 11.6 Å². The lowest BCUT2D eigenvalue weighted by Crippen LogP contribution is -2.20. The Kier molecular flexibility index (Phi) is 3.63. The Morgan fingerprint density at radius 1 is 0.938 bits per heavy atom. The molecule has 0 aromatic heterocycles. The van der Waals surface area contributed by atoms with Gasteiger partial charge in [0.1, 0.15) is 0 Å². The monoisotopic (exact) mass is 218 g/mol. The van der Waals surface area contributed by atoms with Crippen LogP contribution in [0.5, 0.6) is 0 Å². The average Bonchev–Trinajstić information content (AvgIpc) is 2.23. The van der Waals surface area contributed by atoms with E-state index in [9.17, 15) is 9.59 Å². The van der Waals surface area contributed by atoms with Crippen LogP contribution in [0.3, 0.4) is 0 Å². The molecule has 0 spiro atoms. The van der Waals surface area contributed by atoms with Crippen LogP contribution in [0.25, 0.3) is 0 Å². The van der Waals surface area contributed by atoms with Crippen LogP contribution in [0, 0.1) is 0 Å². The number of allylic oxidation sites excluding steroid dienone is 6. The second kappa shape index (κ2) is 4.60. The van der Waals surface area contributed by atoms with Gasteiger partial charge in [0.25, 0.3) is 0 Å². The van der Waals surface area contributed by atoms with Crippen LogP contribution in [0.15, 0.2) is 33.9 Å². The van der Waals surface area contributed by atoms with Crippen molar-refractivity contribution in [3.05, 3.63) is 33.9 Å². The van der Waals surface area contributed by atoms with Gasteiger partial charge in [-0.25, -0.2) is 0 Å². The van der Waals surface area contributed by atoms with Gasteiger partial charge in [0, 0.05) is 22.3 Å². The summed E-state index contributed by atoms with van der Waals surface area (Å²) in [6, 6.07) is 0. The summed E-state index contributed by atoms with van der Waals surface area (Å²) in [6.45, 7) is 9.16. The zero-order chi connectivity index (χ0) is 12.5. The smallest absolute Gasteiger partial charge is 0.185 e. The number of carbonyl (C=O) groups excluding carboxylic acids is 2. The minimum absolute atomic E-state index is 0.00857. The van der Waals surface area contributed by atoms with Crippen molar-refractivity contribution in [3.63, 3.8) is 0 Å². The minimum atomic E-state index is 0.00857. The van der Waals surface area contributed by atoms with Gasteiger partial charge in [-0.15, -0.1) is 0 Å². The second-order valence-electron chi connectivity index (χ2n) is 4.50. The molecule has 0 aromatic carbocycles. The molecule has 1 aliphatic carbocycles. The van der Waals surface area contributed by atoms with E-state index >= 15 is 0 Å². The Labute approximate surface area is 96.7 Å². The molecule has 0 saturated heterocycles. The molecule has 0 amide bonds. The largest absolute Gasteiger partial charge is 0.289 e. The summed E-state index contributed by atoms with van der Waals surface area (Å²) in [7, 11) is 0. The molecule has 0 aromatic rings. The van der Waals surface area contributed by atoms with Gasteiger partial charge in [0.15, 0.2) is 11.6 Å². The Morgan fingerprint density at radius 2 is 1.44 bits per heavy atom. The summed E-state index contributed by atoms with van der Waals surface area (Å²) >= 11 is 0. The summed E-state index contributed by atoms with van der Waals surface area (Å²) in [5, 5.41) is 0. The van der Waals surface area contributed by atoms with E-state index in [0.717, 1.165) is 5.57 Å². The van der Waals surface area contributed by atoms with Crippen molar-refractivity contribution in [2.24, 2.45) is 0 Å². The van der Waals surface area contributed by atoms with Crippen LogP contribution in [0.1, 0.15) is 41.0 Å². The lowest BCUT2D eigenvalue weighted by Gasteiger charge is -2.17. The van der Waals surface area contributed by atoms with Gasteiger partial charge in [0.2, 0.25) is 0 Å². The van der Waals surface area contributed by atoms with E-state index in [1.807, 2.05) is 19.9 Å². The maximum Gasteiger partial charge on any atom is 0.185 e. The molecule has 0 radical (unpaired) electrons. The third-order valence-corrected chi connectivity index (χ3v) is 3.03. The molecule has 0 fully saturated rings. The molecule has 1 rings (SSSR count). The first-order chi connectivity index (χ1) is 7.36. The highest BCUT2D eigenvalue weighted by atomic mass is 16.1. The third-order valence-electron chi connectivity index (χ3n) is 3.03. The Bertz CT molecular complexity index is 441. The zero-order valence-corrected chi connectivity index (χ0v) is 10.6. The van der Waals surface area contributed by atoms with Gasteiger partial charge in [-0.05, 0) is 41.0 Å². The van der Waals surface area contributed by atoms with Crippen LogP contribution in [-0.4, -0.2) is 11.6 Å². The molecule has 86 valence electrons. The maximum atomic E-state index is 12.0. The third kappa shape index (κ3) is 2.21. The molecule has 0 heterocycles. The molecule has 0 bridgehead atoms. The lowest BCUT2D eigenvalue weighted by molar-refractivity contribution is -0.116. The van der Waals surface area contributed by atoms with E-state index in [1.165, 1.54) is 0 Å². The van der Waals surface area contributed by atoms with Crippen molar-refractivity contribution < 1.29 is 9.59 Å². The number of carbonyl (C=O) groups is 2. The van der Waals surface area contributed by atoms with E-state index in [4.69, 9.17) is 0 Å². The fourth-order valence-electron chi connectivity index (χ4n) is 1.71. The van der Waals surface area contributed by atoms with Crippen molar-refractivity contribution in [1.29, 1.82) is 0 Å². The van der Waals surface area contributed by atoms with Gasteiger partial charge in [0.05, 0.1) is 0 Å². The lowest BCUT2D eigenvalue weighted by atomic mass is 9.84. The van der Waals surface area contributed by atoms with E-state index in [0.29, 0.717) is 28.7 Å². The topological polar surface area (TPSA) is 34.1 Å². The fourth-order valence-corrected chi connectivity index (χ4v) is 1.71. The summed E-state index contributed by atoms with van der Waals surface area (Å²) in [4.78, 5) is 23.9. The zero-order valence-electron chi connectivity index (χ0n) is 10.6. The van der Waals surface area contributed by atoms with E-state index < -0.39 is 0 Å². The van der Waals surface area contributed by atoms with Crippen LogP contribution in [-0.2, 0) is 9.59 Å². The number of hydrogen-bond donors (Lipinski definition) is 0. The molecule has 0 unspecified atom stereocenters. The molecule has 0 atom stereocenters. The molecule has 2 nitrogen and oxygen atoms in total. The Balaban J connectivity index is 3.14. The van der Waals surface area contributed by atoms with Gasteiger partial charge >= 0.3 is 0 Å². The summed E-state index contributed by atoms with van der Waals surface area (Å²) in [5.74, 6) is 0.0290. The highest BCUT2D eigenvalue weighted by Gasteiger charge is 2.26. The van der Waals surface area contributed by atoms with Crippen LogP contribution in [0.2, 0.25) is 0 Å². The molecule has 2 heteroatoms. The summed E-state index contributed by atoms with van der Waals surface area (Å²) < 4.78 is 0. The summed E-state index contributed by atoms with van der Waals surface area (Å²) in [5.41, 5.74) is 3.58. The van der Waals surface area contributed by atoms with Crippen molar-refractivity contribution in [1.82, 2.24) is 0 Å². The number of rotatable bonds is 2. The SMILES string of the molecule is CC(C)=CCC1=C(C)C(=O)C(C)=C(C)C1=O. The van der Waals surface area contributed by atoms with Crippen LogP contribution < -0.4 is 0 Å². The van der Waals surface area contributed by atoms with Crippen molar-refractivity contribution in [2.45, 2.75) is 41.0 Å². The van der Waals surface area contributed by atoms with Crippen LogP contribution in [0.4, 0.5) is 0 Å². The predicted octanol–water partition coefficient (Wildman–Crippen LogP) is 3.15. The van der Waals surface area contributed by atoms with Crippen molar-refractivity contribution in [3.8, 4) is 0 Å². The molecule has 0 saturated carbocycles. The van der Waals surface area contributed by atoms with Crippen LogP contribution >= 0.6 is 0 Å². The molecule has 1 aliphatic rings. The van der Waals surface area contributed by atoms with E-state index in [-0.39, 0.29) is 11.6 Å². The first-order valence-electron chi connectivity index (χ1n) is 5.46. The molecule has 0 aliphatic heterocycles. The number of ketones is 2. The highest BCUT2D eigenvalue weighted by molar-refractivity contribution is 6.24. The maximum absolute atomic E-state index is 12.0. The Hall–Kier alpha value is -1.44. The fraction of sp³-hybridized carbons (Fsp3) is 0.429. The van der Waals surface area contributed by atoms with E-state index in [1.54, 1.807) is 20.8 Å². The molecular weight excluding hydrogens is 200 g/mol. The summed E-state index contributed by atoms with van der Waals surface area (Å²) in [6.07, 6.45) is 2.54. The predicted molar refractivity (Wildman–Crippen MR) is 65.1 cm³/mol. The Morgan fingerprint density at radius 3 is 1.94 bits per heavy atom. The molecule has 0 N–H and O–H groups in total. The minimum Gasteiger partial charge on any atom is -0.289 e. The number of Topliss-reactive ketones (excluding diaryl/α,β-unsaturated/α-hetero) is 2.